The maximum absolute atomic E-state index is 12.9. The zero-order chi connectivity index (χ0) is 19.6. The van der Waals surface area contributed by atoms with Crippen molar-refractivity contribution >= 4 is 23.5 Å². The van der Waals surface area contributed by atoms with E-state index in [2.05, 4.69) is 0 Å². The predicted octanol–water partition coefficient (Wildman–Crippen LogP) is 4.61. The highest BCUT2D eigenvalue weighted by Gasteiger charge is 2.36. The summed E-state index contributed by atoms with van der Waals surface area (Å²) in [4.78, 5) is 27.1. The zero-order valence-corrected chi connectivity index (χ0v) is 16.4. The van der Waals surface area contributed by atoms with Crippen LogP contribution in [0.15, 0.2) is 59.8 Å². The van der Waals surface area contributed by atoms with Gasteiger partial charge in [0.25, 0.3) is 0 Å². The van der Waals surface area contributed by atoms with E-state index in [9.17, 15) is 9.59 Å². The van der Waals surface area contributed by atoms with E-state index in [4.69, 9.17) is 16.3 Å². The molecule has 1 heterocycles. The van der Waals surface area contributed by atoms with Crippen molar-refractivity contribution in [1.29, 1.82) is 0 Å². The summed E-state index contributed by atoms with van der Waals surface area (Å²) in [6, 6.07) is 15.3. The number of esters is 1. The average Bonchev–Trinajstić information content (AvgIpc) is 2.64. The van der Waals surface area contributed by atoms with Gasteiger partial charge in [-0.15, -0.1) is 0 Å². The van der Waals surface area contributed by atoms with Crippen molar-refractivity contribution in [1.82, 2.24) is 4.90 Å². The van der Waals surface area contributed by atoms with Crippen molar-refractivity contribution in [3.8, 4) is 0 Å². The first-order valence-electron chi connectivity index (χ1n) is 8.81. The van der Waals surface area contributed by atoms with E-state index in [-0.39, 0.29) is 18.2 Å². The van der Waals surface area contributed by atoms with Gasteiger partial charge in [-0.05, 0) is 37.1 Å². The van der Waals surface area contributed by atoms with E-state index in [0.717, 1.165) is 16.7 Å². The van der Waals surface area contributed by atoms with Crippen molar-refractivity contribution in [2.45, 2.75) is 32.7 Å². The number of carbonyl (C=O) groups is 2. The van der Waals surface area contributed by atoms with Crippen LogP contribution in [0.5, 0.6) is 0 Å². The fourth-order valence-electron chi connectivity index (χ4n) is 3.58. The summed E-state index contributed by atoms with van der Waals surface area (Å²) in [5, 5.41) is 0.573. The monoisotopic (exact) mass is 383 g/mol. The minimum Gasteiger partial charge on any atom is -0.466 e. The molecule has 0 bridgehead atoms. The third-order valence-electron chi connectivity index (χ3n) is 4.90. The van der Waals surface area contributed by atoms with Gasteiger partial charge in [0, 0.05) is 23.1 Å². The lowest BCUT2D eigenvalue weighted by atomic mass is 9.83. The number of benzene rings is 2. The summed E-state index contributed by atoms with van der Waals surface area (Å²) in [7, 11) is 1.36. The Morgan fingerprint density at radius 1 is 1.19 bits per heavy atom. The molecular formula is C22H22ClNO3. The average molecular weight is 384 g/mol. The highest BCUT2D eigenvalue weighted by molar-refractivity contribution is 6.30. The molecule has 0 saturated carbocycles. The first kappa shape index (κ1) is 19.2. The normalized spacial score (nSPS) is 17.3. The molecule has 0 fully saturated rings. The summed E-state index contributed by atoms with van der Waals surface area (Å²) in [6.45, 7) is 4.24. The first-order valence-corrected chi connectivity index (χ1v) is 9.19. The largest absolute Gasteiger partial charge is 0.466 e. The van der Waals surface area contributed by atoms with Crippen LogP contribution in [0.3, 0.4) is 0 Å². The Morgan fingerprint density at radius 3 is 2.59 bits per heavy atom. The Bertz CT molecular complexity index is 919. The number of aryl methyl sites for hydroxylation is 1. The number of amides is 1. The highest BCUT2D eigenvalue weighted by Crippen LogP contribution is 2.38. The lowest BCUT2D eigenvalue weighted by Crippen LogP contribution is -2.37. The van der Waals surface area contributed by atoms with Crippen molar-refractivity contribution in [3.05, 3.63) is 81.5 Å². The number of ether oxygens (including phenoxy) is 1. The van der Waals surface area contributed by atoms with Crippen LogP contribution in [0.2, 0.25) is 5.02 Å². The SMILES string of the molecule is COC(=O)C1=C(C)N(Cc2cccc(C)c2)C(=O)CC1c1cccc(Cl)c1. The molecule has 5 heteroatoms. The van der Waals surface area contributed by atoms with Crippen molar-refractivity contribution in [2.75, 3.05) is 7.11 Å². The molecule has 0 spiro atoms. The van der Waals surface area contributed by atoms with Gasteiger partial charge in [0.2, 0.25) is 5.91 Å². The number of halogens is 1. The second kappa shape index (κ2) is 7.97. The van der Waals surface area contributed by atoms with Crippen LogP contribution in [-0.2, 0) is 20.9 Å². The Labute approximate surface area is 164 Å². The molecule has 1 aliphatic rings. The molecule has 4 nitrogen and oxygen atoms in total. The third-order valence-corrected chi connectivity index (χ3v) is 5.14. The minimum atomic E-state index is -0.417. The lowest BCUT2D eigenvalue weighted by Gasteiger charge is -2.34. The molecule has 2 aromatic carbocycles. The predicted molar refractivity (Wildman–Crippen MR) is 105 cm³/mol. The molecule has 1 aliphatic heterocycles. The number of hydrogen-bond acceptors (Lipinski definition) is 3. The fourth-order valence-corrected chi connectivity index (χ4v) is 3.78. The van der Waals surface area contributed by atoms with Crippen LogP contribution in [-0.4, -0.2) is 23.9 Å². The van der Waals surface area contributed by atoms with Crippen LogP contribution < -0.4 is 0 Å². The molecule has 1 atom stereocenters. The Kier molecular flexibility index (Phi) is 5.66. The number of nitrogens with zero attached hydrogens (tertiary/aromatic N) is 1. The van der Waals surface area contributed by atoms with E-state index in [1.807, 2.05) is 43.3 Å². The van der Waals surface area contributed by atoms with Crippen molar-refractivity contribution < 1.29 is 14.3 Å². The van der Waals surface area contributed by atoms with Gasteiger partial charge in [0.05, 0.1) is 19.2 Å². The van der Waals surface area contributed by atoms with E-state index in [0.29, 0.717) is 22.8 Å². The molecule has 0 saturated heterocycles. The number of hydrogen-bond donors (Lipinski definition) is 0. The van der Waals surface area contributed by atoms with E-state index in [1.165, 1.54) is 7.11 Å². The van der Waals surface area contributed by atoms with E-state index in [1.54, 1.807) is 24.0 Å². The number of methoxy groups -OCH3 is 1. The summed E-state index contributed by atoms with van der Waals surface area (Å²) >= 11 is 6.12. The molecule has 140 valence electrons. The maximum atomic E-state index is 12.9. The molecule has 0 aromatic heterocycles. The molecule has 3 rings (SSSR count). The van der Waals surface area contributed by atoms with Crippen LogP contribution in [0.25, 0.3) is 0 Å². The van der Waals surface area contributed by atoms with Gasteiger partial charge in [-0.25, -0.2) is 4.79 Å². The molecule has 27 heavy (non-hydrogen) atoms. The first-order chi connectivity index (χ1) is 12.9. The summed E-state index contributed by atoms with van der Waals surface area (Å²) in [5.74, 6) is -0.803. The van der Waals surface area contributed by atoms with Gasteiger partial charge in [-0.2, -0.15) is 0 Å². The number of carbonyl (C=O) groups excluding carboxylic acids is 2. The summed E-state index contributed by atoms with van der Waals surface area (Å²) in [6.07, 6.45) is 0.202. The Morgan fingerprint density at radius 2 is 1.93 bits per heavy atom. The molecule has 1 amide bonds. The quantitative estimate of drug-likeness (QED) is 0.724. The van der Waals surface area contributed by atoms with Gasteiger partial charge < -0.3 is 9.64 Å². The van der Waals surface area contributed by atoms with Gasteiger partial charge in [0.1, 0.15) is 0 Å². The third kappa shape index (κ3) is 4.06. The molecule has 0 radical (unpaired) electrons. The van der Waals surface area contributed by atoms with Gasteiger partial charge in [-0.3, -0.25) is 4.79 Å². The number of rotatable bonds is 4. The smallest absolute Gasteiger partial charge is 0.336 e. The highest BCUT2D eigenvalue weighted by atomic mass is 35.5. The lowest BCUT2D eigenvalue weighted by molar-refractivity contribution is -0.138. The van der Waals surface area contributed by atoms with Crippen LogP contribution in [0.1, 0.15) is 36.0 Å². The van der Waals surface area contributed by atoms with Crippen molar-refractivity contribution in [3.63, 3.8) is 0 Å². The van der Waals surface area contributed by atoms with E-state index < -0.39 is 5.97 Å². The molecular weight excluding hydrogens is 362 g/mol. The maximum Gasteiger partial charge on any atom is 0.336 e. The zero-order valence-electron chi connectivity index (χ0n) is 15.7. The van der Waals surface area contributed by atoms with Gasteiger partial charge in [-0.1, -0.05) is 53.6 Å². The minimum absolute atomic E-state index is 0.0216. The van der Waals surface area contributed by atoms with Crippen LogP contribution in [0, 0.1) is 6.92 Å². The molecule has 0 N–H and O–H groups in total. The van der Waals surface area contributed by atoms with Crippen LogP contribution in [0.4, 0.5) is 0 Å². The second-order valence-electron chi connectivity index (χ2n) is 6.77. The van der Waals surface area contributed by atoms with Gasteiger partial charge in [0.15, 0.2) is 0 Å². The number of allylic oxidation sites excluding steroid dienone is 1. The summed E-state index contributed by atoms with van der Waals surface area (Å²) in [5.41, 5.74) is 4.12. The summed E-state index contributed by atoms with van der Waals surface area (Å²) < 4.78 is 5.03. The fraction of sp³-hybridized carbons (Fsp3) is 0.273. The second-order valence-corrected chi connectivity index (χ2v) is 7.21. The molecule has 2 aromatic rings. The topological polar surface area (TPSA) is 46.6 Å². The standard InChI is InChI=1S/C22H22ClNO3/c1-14-6-4-7-16(10-14)13-24-15(2)21(22(26)27-3)19(12-20(24)25)17-8-5-9-18(23)11-17/h4-11,19H,12-13H2,1-3H3. The van der Waals surface area contributed by atoms with Crippen molar-refractivity contribution in [2.24, 2.45) is 0 Å². The van der Waals surface area contributed by atoms with Crippen LogP contribution >= 0.6 is 11.6 Å². The molecule has 1 unspecified atom stereocenters. The molecule has 0 aliphatic carbocycles. The Balaban J connectivity index is 2.03. The Hall–Kier alpha value is -2.59. The van der Waals surface area contributed by atoms with Gasteiger partial charge >= 0.3 is 5.97 Å². The van der Waals surface area contributed by atoms with E-state index >= 15 is 0 Å².